The van der Waals surface area contributed by atoms with Crippen molar-refractivity contribution in [1.82, 2.24) is 19.7 Å². The standard InChI is InChI=1S/C7H6BrN5/c8-5-3-12-13(4-5)7-6(9)10-1-2-11-7/h1-4H,(H2,9,10). The summed E-state index contributed by atoms with van der Waals surface area (Å²) < 4.78 is 2.43. The number of halogens is 1. The Morgan fingerprint density at radius 2 is 2.08 bits per heavy atom. The molecule has 0 spiro atoms. The first-order valence-corrected chi connectivity index (χ1v) is 4.33. The molecule has 0 aliphatic heterocycles. The minimum Gasteiger partial charge on any atom is -0.381 e. The van der Waals surface area contributed by atoms with Gasteiger partial charge in [0.2, 0.25) is 0 Å². The molecule has 0 aliphatic carbocycles. The first kappa shape index (κ1) is 8.18. The Morgan fingerprint density at radius 1 is 1.31 bits per heavy atom. The topological polar surface area (TPSA) is 69.6 Å². The van der Waals surface area contributed by atoms with Crippen LogP contribution >= 0.6 is 15.9 Å². The van der Waals surface area contributed by atoms with Crippen molar-refractivity contribution in [3.05, 3.63) is 29.3 Å². The molecule has 5 nitrogen and oxygen atoms in total. The van der Waals surface area contributed by atoms with Crippen molar-refractivity contribution in [3.8, 4) is 5.82 Å². The average molecular weight is 240 g/mol. The maximum Gasteiger partial charge on any atom is 0.196 e. The Hall–Kier alpha value is -1.43. The van der Waals surface area contributed by atoms with Crippen molar-refractivity contribution in [2.45, 2.75) is 0 Å². The smallest absolute Gasteiger partial charge is 0.196 e. The zero-order valence-electron chi connectivity index (χ0n) is 6.55. The Bertz CT molecular complexity index is 424. The fourth-order valence-electron chi connectivity index (χ4n) is 0.935. The fourth-order valence-corrected chi connectivity index (χ4v) is 1.22. The summed E-state index contributed by atoms with van der Waals surface area (Å²) >= 11 is 3.28. The predicted molar refractivity (Wildman–Crippen MR) is 51.3 cm³/mol. The molecule has 66 valence electrons. The van der Waals surface area contributed by atoms with Gasteiger partial charge >= 0.3 is 0 Å². The monoisotopic (exact) mass is 239 g/mol. The first-order chi connectivity index (χ1) is 6.27. The van der Waals surface area contributed by atoms with E-state index in [1.54, 1.807) is 23.3 Å². The van der Waals surface area contributed by atoms with Gasteiger partial charge in [0.05, 0.1) is 10.7 Å². The van der Waals surface area contributed by atoms with Gasteiger partial charge in [-0.1, -0.05) is 0 Å². The lowest BCUT2D eigenvalue weighted by atomic mass is 10.6. The van der Waals surface area contributed by atoms with Crippen LogP contribution in [0.2, 0.25) is 0 Å². The van der Waals surface area contributed by atoms with Crippen LogP contribution in [0, 0.1) is 0 Å². The van der Waals surface area contributed by atoms with Gasteiger partial charge in [0.25, 0.3) is 0 Å². The molecule has 0 atom stereocenters. The molecule has 2 aromatic rings. The summed E-state index contributed by atoms with van der Waals surface area (Å²) in [5.74, 6) is 0.895. The third-order valence-electron chi connectivity index (χ3n) is 1.47. The Kier molecular flexibility index (Phi) is 1.97. The molecule has 0 unspecified atom stereocenters. The van der Waals surface area contributed by atoms with Crippen molar-refractivity contribution in [3.63, 3.8) is 0 Å². The summed E-state index contributed by atoms with van der Waals surface area (Å²) in [5, 5.41) is 4.03. The number of hydrogen-bond donors (Lipinski definition) is 1. The number of nitrogen functional groups attached to an aromatic ring is 1. The van der Waals surface area contributed by atoms with Gasteiger partial charge in [0.15, 0.2) is 11.6 Å². The zero-order chi connectivity index (χ0) is 9.26. The maximum atomic E-state index is 5.61. The van der Waals surface area contributed by atoms with E-state index in [2.05, 4.69) is 31.0 Å². The molecule has 13 heavy (non-hydrogen) atoms. The Labute approximate surface area is 82.7 Å². The molecule has 0 saturated heterocycles. The maximum absolute atomic E-state index is 5.61. The molecule has 0 aliphatic rings. The van der Waals surface area contributed by atoms with Crippen LogP contribution in [0.5, 0.6) is 0 Å². The minimum atomic E-state index is 0.359. The van der Waals surface area contributed by atoms with Gasteiger partial charge in [-0.3, -0.25) is 0 Å². The average Bonchev–Trinajstić information content (AvgIpc) is 2.53. The molecule has 2 aromatic heterocycles. The first-order valence-electron chi connectivity index (χ1n) is 3.54. The van der Waals surface area contributed by atoms with E-state index in [-0.39, 0.29) is 0 Å². The van der Waals surface area contributed by atoms with E-state index in [9.17, 15) is 0 Å². The van der Waals surface area contributed by atoms with E-state index in [4.69, 9.17) is 5.73 Å². The van der Waals surface area contributed by atoms with Crippen LogP contribution in [-0.4, -0.2) is 19.7 Å². The van der Waals surface area contributed by atoms with Crippen molar-refractivity contribution in [2.24, 2.45) is 0 Å². The largest absolute Gasteiger partial charge is 0.381 e. The lowest BCUT2D eigenvalue weighted by Gasteiger charge is -2.00. The van der Waals surface area contributed by atoms with Gasteiger partial charge < -0.3 is 5.73 Å². The minimum absolute atomic E-state index is 0.359. The van der Waals surface area contributed by atoms with Gasteiger partial charge in [-0.05, 0) is 15.9 Å². The van der Waals surface area contributed by atoms with Crippen LogP contribution in [0.1, 0.15) is 0 Å². The number of nitrogens with zero attached hydrogens (tertiary/aromatic N) is 4. The summed E-state index contributed by atoms with van der Waals surface area (Å²) in [6.07, 6.45) is 6.53. The van der Waals surface area contributed by atoms with E-state index < -0.39 is 0 Å². The normalized spacial score (nSPS) is 10.2. The van der Waals surface area contributed by atoms with Crippen LogP contribution in [0.3, 0.4) is 0 Å². The predicted octanol–water partition coefficient (Wildman–Crippen LogP) is 1.01. The fraction of sp³-hybridized carbons (Fsp3) is 0. The van der Waals surface area contributed by atoms with Crippen LogP contribution in [0.15, 0.2) is 29.3 Å². The lowest BCUT2D eigenvalue weighted by Crippen LogP contribution is -2.04. The van der Waals surface area contributed by atoms with Crippen LogP contribution in [-0.2, 0) is 0 Å². The quantitative estimate of drug-likeness (QED) is 0.807. The number of rotatable bonds is 1. The molecule has 0 radical (unpaired) electrons. The molecule has 0 aromatic carbocycles. The van der Waals surface area contributed by atoms with Gasteiger partial charge in [0.1, 0.15) is 0 Å². The van der Waals surface area contributed by atoms with Crippen molar-refractivity contribution < 1.29 is 0 Å². The second kappa shape index (κ2) is 3.14. The number of anilines is 1. The van der Waals surface area contributed by atoms with Gasteiger partial charge in [0, 0.05) is 18.6 Å². The third kappa shape index (κ3) is 1.52. The molecular formula is C7H6BrN5. The highest BCUT2D eigenvalue weighted by molar-refractivity contribution is 9.10. The van der Waals surface area contributed by atoms with Gasteiger partial charge in [-0.2, -0.15) is 5.10 Å². The van der Waals surface area contributed by atoms with Crippen LogP contribution < -0.4 is 5.73 Å². The van der Waals surface area contributed by atoms with E-state index in [1.807, 2.05) is 0 Å². The SMILES string of the molecule is Nc1nccnc1-n1cc(Br)cn1. The highest BCUT2D eigenvalue weighted by atomic mass is 79.9. The Morgan fingerprint density at radius 3 is 2.69 bits per heavy atom. The zero-order valence-corrected chi connectivity index (χ0v) is 8.14. The van der Waals surface area contributed by atoms with Crippen LogP contribution in [0.25, 0.3) is 5.82 Å². The molecule has 0 saturated carbocycles. The molecule has 2 rings (SSSR count). The molecule has 6 heteroatoms. The van der Waals surface area contributed by atoms with Crippen molar-refractivity contribution in [1.29, 1.82) is 0 Å². The van der Waals surface area contributed by atoms with Crippen molar-refractivity contribution >= 4 is 21.7 Å². The molecule has 2 N–H and O–H groups in total. The summed E-state index contributed by atoms with van der Waals surface area (Å²) in [6, 6.07) is 0. The summed E-state index contributed by atoms with van der Waals surface area (Å²) in [5.41, 5.74) is 5.61. The van der Waals surface area contributed by atoms with Gasteiger partial charge in [-0.25, -0.2) is 14.6 Å². The molecular weight excluding hydrogens is 234 g/mol. The lowest BCUT2D eigenvalue weighted by molar-refractivity contribution is 0.842. The Balaban J connectivity index is 2.52. The second-order valence-corrected chi connectivity index (χ2v) is 3.28. The summed E-state index contributed by atoms with van der Waals surface area (Å²) in [7, 11) is 0. The molecule has 0 bridgehead atoms. The molecule has 0 amide bonds. The number of hydrogen-bond acceptors (Lipinski definition) is 4. The van der Waals surface area contributed by atoms with E-state index in [0.29, 0.717) is 11.6 Å². The number of aromatic nitrogens is 4. The summed E-state index contributed by atoms with van der Waals surface area (Å²) in [6.45, 7) is 0. The second-order valence-electron chi connectivity index (χ2n) is 2.37. The van der Waals surface area contributed by atoms with Crippen LogP contribution in [0.4, 0.5) is 5.82 Å². The van der Waals surface area contributed by atoms with Gasteiger partial charge in [-0.15, -0.1) is 0 Å². The molecule has 2 heterocycles. The molecule has 0 fully saturated rings. The van der Waals surface area contributed by atoms with E-state index in [1.165, 1.54) is 6.20 Å². The van der Waals surface area contributed by atoms with E-state index >= 15 is 0 Å². The highest BCUT2D eigenvalue weighted by Crippen LogP contribution is 2.13. The number of nitrogens with two attached hydrogens (primary N) is 1. The van der Waals surface area contributed by atoms with Crippen molar-refractivity contribution in [2.75, 3.05) is 5.73 Å². The third-order valence-corrected chi connectivity index (χ3v) is 1.88. The summed E-state index contributed by atoms with van der Waals surface area (Å²) in [4.78, 5) is 7.96. The highest BCUT2D eigenvalue weighted by Gasteiger charge is 2.04. The van der Waals surface area contributed by atoms with E-state index in [0.717, 1.165) is 4.47 Å².